The van der Waals surface area contributed by atoms with Crippen molar-refractivity contribution < 1.29 is 35.5 Å². The highest BCUT2D eigenvalue weighted by Crippen LogP contribution is 2.34. The minimum atomic E-state index is -4.75. The average Bonchev–Trinajstić information content (AvgIpc) is 2.74. The van der Waals surface area contributed by atoms with Gasteiger partial charge in [0.1, 0.15) is 17.2 Å². The molecule has 0 atom stereocenters. The monoisotopic (exact) mass is 483 g/mol. The summed E-state index contributed by atoms with van der Waals surface area (Å²) in [5, 5.41) is 2.39. The first-order valence-corrected chi connectivity index (χ1v) is 10.8. The molecule has 33 heavy (non-hydrogen) atoms. The topological polar surface area (TPSA) is 97.4 Å². The first-order chi connectivity index (χ1) is 15.4. The van der Waals surface area contributed by atoms with E-state index >= 15 is 0 Å². The molecule has 0 saturated carbocycles. The Hall–Kier alpha value is -3.67. The highest BCUT2D eigenvalue weighted by Gasteiger charge is 2.33. The Morgan fingerprint density at radius 2 is 1.73 bits per heavy atom. The van der Waals surface area contributed by atoms with Crippen LogP contribution in [0.2, 0.25) is 0 Å². The fourth-order valence-corrected chi connectivity index (χ4v) is 3.88. The molecule has 2 aromatic carbocycles. The van der Waals surface area contributed by atoms with Crippen LogP contribution in [0.5, 0.6) is 11.5 Å². The molecule has 0 aliphatic carbocycles. The number of anilines is 1. The van der Waals surface area contributed by atoms with Crippen molar-refractivity contribution in [2.24, 2.45) is 0 Å². The lowest BCUT2D eigenvalue weighted by Crippen LogP contribution is -2.18. The number of halogens is 4. The lowest BCUT2D eigenvalue weighted by atomic mass is 10.1. The molecule has 1 aromatic heterocycles. The second-order valence-electron chi connectivity index (χ2n) is 6.78. The van der Waals surface area contributed by atoms with Gasteiger partial charge in [0.2, 0.25) is 0 Å². The van der Waals surface area contributed by atoms with Gasteiger partial charge in [-0.25, -0.2) is 12.8 Å². The van der Waals surface area contributed by atoms with E-state index in [0.717, 1.165) is 24.3 Å². The van der Waals surface area contributed by atoms with Gasteiger partial charge in [0.25, 0.3) is 15.9 Å². The van der Waals surface area contributed by atoms with Crippen molar-refractivity contribution >= 4 is 21.6 Å². The van der Waals surface area contributed by atoms with Crippen molar-refractivity contribution in [1.82, 2.24) is 10.3 Å². The van der Waals surface area contributed by atoms with Gasteiger partial charge in [0.05, 0.1) is 16.1 Å². The van der Waals surface area contributed by atoms with Crippen LogP contribution >= 0.6 is 0 Å². The minimum absolute atomic E-state index is 0.0146. The molecule has 12 heteroatoms. The predicted octanol–water partition coefficient (Wildman–Crippen LogP) is 4.50. The van der Waals surface area contributed by atoms with Crippen molar-refractivity contribution in [3.63, 3.8) is 0 Å². The van der Waals surface area contributed by atoms with Gasteiger partial charge < -0.3 is 10.1 Å². The van der Waals surface area contributed by atoms with Gasteiger partial charge in [0, 0.05) is 25.4 Å². The van der Waals surface area contributed by atoms with Gasteiger partial charge in [-0.15, -0.1) is 0 Å². The Balaban J connectivity index is 1.83. The molecule has 1 amide bonds. The van der Waals surface area contributed by atoms with Gasteiger partial charge >= 0.3 is 6.18 Å². The first-order valence-electron chi connectivity index (χ1n) is 9.27. The van der Waals surface area contributed by atoms with Crippen molar-refractivity contribution in [2.45, 2.75) is 18.0 Å². The molecule has 1 heterocycles. The molecule has 0 aliphatic rings. The van der Waals surface area contributed by atoms with E-state index in [1.165, 1.54) is 38.4 Å². The maximum atomic E-state index is 14.5. The number of nitrogens with zero attached hydrogens (tertiary/aromatic N) is 1. The number of amides is 1. The Morgan fingerprint density at radius 1 is 1.03 bits per heavy atom. The highest BCUT2D eigenvalue weighted by molar-refractivity contribution is 7.92. The molecular weight excluding hydrogens is 466 g/mol. The van der Waals surface area contributed by atoms with E-state index in [2.05, 4.69) is 10.3 Å². The number of aromatic nitrogens is 1. The van der Waals surface area contributed by atoms with Gasteiger partial charge in [-0.1, -0.05) is 6.07 Å². The number of alkyl halides is 3. The summed E-state index contributed by atoms with van der Waals surface area (Å²) in [6, 6.07) is 8.44. The number of nitrogens with one attached hydrogen (secondary N) is 2. The summed E-state index contributed by atoms with van der Waals surface area (Å²) in [6.07, 6.45) is -3.43. The number of carbonyl (C=O) groups is 1. The summed E-state index contributed by atoms with van der Waals surface area (Å²) in [6.45, 7) is 1.20. The molecule has 2 N–H and O–H groups in total. The van der Waals surface area contributed by atoms with Crippen molar-refractivity contribution in [1.29, 1.82) is 0 Å². The molecule has 0 saturated heterocycles. The van der Waals surface area contributed by atoms with E-state index < -0.39 is 44.1 Å². The van der Waals surface area contributed by atoms with E-state index in [4.69, 9.17) is 4.74 Å². The quantitative estimate of drug-likeness (QED) is 0.503. The van der Waals surface area contributed by atoms with Gasteiger partial charge in [0.15, 0.2) is 5.82 Å². The molecule has 3 rings (SSSR count). The van der Waals surface area contributed by atoms with Crippen LogP contribution in [-0.4, -0.2) is 26.4 Å². The third kappa shape index (κ3) is 5.58. The Bertz CT molecular complexity index is 1310. The third-order valence-corrected chi connectivity index (χ3v) is 5.80. The van der Waals surface area contributed by atoms with Gasteiger partial charge in [-0.05, 0) is 42.8 Å². The zero-order valence-corrected chi connectivity index (χ0v) is 18.0. The number of hydrogen-bond acceptors (Lipinski definition) is 5. The Labute approximate surface area is 186 Å². The van der Waals surface area contributed by atoms with Gasteiger partial charge in [-0.2, -0.15) is 13.2 Å². The minimum Gasteiger partial charge on any atom is -0.457 e. The normalized spacial score (nSPS) is 11.7. The largest absolute Gasteiger partial charge is 0.457 e. The summed E-state index contributed by atoms with van der Waals surface area (Å²) in [5.41, 5.74) is -1.68. The maximum Gasteiger partial charge on any atom is 0.416 e. The standard InChI is InChI=1S/C21H17F4N3O4S/c1-12-3-5-15(11-16(12)21(23,24)25)33(30,31)28-18-6-4-13(9-17(18)22)32-14-7-8-27-19(10-14)20(29)26-2/h3-11,28H,1-2H3,(H,26,29). The fourth-order valence-electron chi connectivity index (χ4n) is 2.78. The van der Waals surface area contributed by atoms with E-state index in [9.17, 15) is 30.8 Å². The summed E-state index contributed by atoms with van der Waals surface area (Å²) < 4.78 is 86.3. The number of aryl methyl sites for hydroxylation is 1. The lowest BCUT2D eigenvalue weighted by molar-refractivity contribution is -0.138. The summed E-state index contributed by atoms with van der Waals surface area (Å²) >= 11 is 0. The van der Waals surface area contributed by atoms with E-state index in [0.29, 0.717) is 6.07 Å². The number of ether oxygens (including phenoxy) is 1. The highest BCUT2D eigenvalue weighted by atomic mass is 32.2. The molecule has 0 aliphatic heterocycles. The molecule has 0 bridgehead atoms. The molecule has 0 fully saturated rings. The molecule has 7 nitrogen and oxygen atoms in total. The maximum absolute atomic E-state index is 14.5. The molecule has 0 unspecified atom stereocenters. The van der Waals surface area contributed by atoms with E-state index in [1.807, 2.05) is 4.72 Å². The van der Waals surface area contributed by atoms with Crippen LogP contribution in [0.1, 0.15) is 21.6 Å². The van der Waals surface area contributed by atoms with Crippen molar-refractivity contribution in [3.8, 4) is 11.5 Å². The van der Waals surface area contributed by atoms with Crippen LogP contribution in [0, 0.1) is 12.7 Å². The van der Waals surface area contributed by atoms with Gasteiger partial charge in [-0.3, -0.25) is 14.5 Å². The van der Waals surface area contributed by atoms with E-state index in [-0.39, 0.29) is 22.8 Å². The van der Waals surface area contributed by atoms with Crippen LogP contribution in [-0.2, 0) is 16.2 Å². The predicted molar refractivity (Wildman–Crippen MR) is 111 cm³/mol. The zero-order valence-electron chi connectivity index (χ0n) is 17.2. The number of rotatable bonds is 6. The number of benzene rings is 2. The molecule has 0 spiro atoms. The van der Waals surface area contributed by atoms with Crippen molar-refractivity contribution in [3.05, 3.63) is 77.4 Å². The third-order valence-electron chi connectivity index (χ3n) is 4.44. The van der Waals surface area contributed by atoms with Crippen LogP contribution in [0.4, 0.5) is 23.2 Å². The number of hydrogen-bond donors (Lipinski definition) is 2. The lowest BCUT2D eigenvalue weighted by Gasteiger charge is -2.14. The molecular formula is C21H17F4N3O4S. The van der Waals surface area contributed by atoms with Crippen LogP contribution < -0.4 is 14.8 Å². The van der Waals surface area contributed by atoms with Crippen LogP contribution in [0.15, 0.2) is 59.6 Å². The Morgan fingerprint density at radius 3 is 2.36 bits per heavy atom. The van der Waals surface area contributed by atoms with Crippen LogP contribution in [0.25, 0.3) is 0 Å². The molecule has 3 aromatic rings. The van der Waals surface area contributed by atoms with E-state index in [1.54, 1.807) is 0 Å². The second kappa shape index (κ2) is 9.06. The number of pyridine rings is 1. The summed E-state index contributed by atoms with van der Waals surface area (Å²) in [5.74, 6) is -1.32. The molecule has 0 radical (unpaired) electrons. The summed E-state index contributed by atoms with van der Waals surface area (Å²) in [7, 11) is -3.08. The smallest absolute Gasteiger partial charge is 0.416 e. The summed E-state index contributed by atoms with van der Waals surface area (Å²) in [4.78, 5) is 14.8. The number of carbonyl (C=O) groups excluding carboxylic acids is 1. The first kappa shape index (κ1) is 24.0. The SMILES string of the molecule is CNC(=O)c1cc(Oc2ccc(NS(=O)(=O)c3ccc(C)c(C(F)(F)F)c3)c(F)c2)ccn1. The number of sulfonamides is 1. The van der Waals surface area contributed by atoms with Crippen LogP contribution in [0.3, 0.4) is 0 Å². The second-order valence-corrected chi connectivity index (χ2v) is 8.46. The average molecular weight is 483 g/mol. The zero-order chi connectivity index (χ0) is 24.4. The molecule has 174 valence electrons. The van der Waals surface area contributed by atoms with Crippen molar-refractivity contribution in [2.75, 3.05) is 11.8 Å². The fraction of sp³-hybridized carbons (Fsp3) is 0.143. The Kier molecular flexibility index (Phi) is 6.58.